The number of benzene rings is 1. The number of likely N-dealkylation sites (N-methyl/N-ethyl adjacent to an activating group) is 1. The zero-order valence-corrected chi connectivity index (χ0v) is 13.9. The number of hydrogen-bond acceptors (Lipinski definition) is 3. The lowest BCUT2D eigenvalue weighted by molar-refractivity contribution is -0.137. The van der Waals surface area contributed by atoms with E-state index in [-0.39, 0.29) is 11.9 Å². The second-order valence-corrected chi connectivity index (χ2v) is 5.83. The van der Waals surface area contributed by atoms with Crippen LogP contribution in [0.2, 0.25) is 0 Å². The highest BCUT2D eigenvalue weighted by Crippen LogP contribution is 2.27. The largest absolute Gasteiger partial charge is 0.342 e. The van der Waals surface area contributed by atoms with Gasteiger partial charge in [-0.25, -0.2) is 4.98 Å². The molecule has 2 aromatic rings. The van der Waals surface area contributed by atoms with Crippen molar-refractivity contribution in [3.8, 4) is 0 Å². The number of hydrogen-bond donors (Lipinski definition) is 0. The van der Waals surface area contributed by atoms with Crippen molar-refractivity contribution >= 4 is 5.91 Å². The molecule has 0 spiro atoms. The lowest BCUT2D eigenvalue weighted by atomic mass is 10.0. The van der Waals surface area contributed by atoms with E-state index >= 15 is 0 Å². The maximum Gasteiger partial charge on any atom is 0.244 e. The highest BCUT2D eigenvalue weighted by molar-refractivity contribution is 5.83. The Morgan fingerprint density at radius 1 is 1.22 bits per heavy atom. The van der Waals surface area contributed by atoms with Gasteiger partial charge in [0.2, 0.25) is 5.91 Å². The molecule has 0 aliphatic carbocycles. The van der Waals surface area contributed by atoms with E-state index in [9.17, 15) is 4.79 Å². The predicted octanol–water partition coefficient (Wildman–Crippen LogP) is 2.31. The molecule has 1 atom stereocenters. The molecule has 1 aromatic heterocycles. The first-order chi connectivity index (χ1) is 11.2. The number of carbonyl (C=O) groups excluding carboxylic acids is 1. The molecule has 0 bridgehead atoms. The fraction of sp³-hybridized carbons (Fsp3) is 0.444. The van der Waals surface area contributed by atoms with Crippen molar-refractivity contribution in [1.82, 2.24) is 19.4 Å². The van der Waals surface area contributed by atoms with Crippen LogP contribution in [0.1, 0.15) is 31.3 Å². The van der Waals surface area contributed by atoms with E-state index < -0.39 is 0 Å². The number of fused-ring (bicyclic) bond motifs is 1. The van der Waals surface area contributed by atoms with E-state index in [1.54, 1.807) is 0 Å². The van der Waals surface area contributed by atoms with Gasteiger partial charge < -0.3 is 9.47 Å². The molecule has 1 aliphatic rings. The van der Waals surface area contributed by atoms with Crippen molar-refractivity contribution in [1.29, 1.82) is 0 Å². The molecule has 1 unspecified atom stereocenters. The number of amides is 1. The molecule has 0 saturated heterocycles. The molecule has 0 saturated carbocycles. The maximum absolute atomic E-state index is 13.1. The van der Waals surface area contributed by atoms with Crippen LogP contribution < -0.4 is 0 Å². The Bertz CT molecular complexity index is 648. The standard InChI is InChI=1S/C18H24N4O/c1-3-20(4-2)18(23)17(15-8-6-5-7-9-15)22-13-12-21-11-10-19-16(21)14-22/h5-11,17H,3-4,12-14H2,1-2H3. The number of nitrogens with zero attached hydrogens (tertiary/aromatic N) is 4. The van der Waals surface area contributed by atoms with Crippen molar-refractivity contribution in [2.75, 3.05) is 19.6 Å². The van der Waals surface area contributed by atoms with Gasteiger partial charge in [0.1, 0.15) is 11.9 Å². The quantitative estimate of drug-likeness (QED) is 0.851. The van der Waals surface area contributed by atoms with Crippen LogP contribution in [0.5, 0.6) is 0 Å². The Hall–Kier alpha value is -2.14. The normalized spacial score (nSPS) is 15.9. The van der Waals surface area contributed by atoms with E-state index in [1.807, 2.05) is 61.5 Å². The Kier molecular flexibility index (Phi) is 4.76. The van der Waals surface area contributed by atoms with Crippen molar-refractivity contribution in [3.63, 3.8) is 0 Å². The number of carbonyl (C=O) groups is 1. The summed E-state index contributed by atoms with van der Waals surface area (Å²) in [6, 6.07) is 9.86. The second-order valence-electron chi connectivity index (χ2n) is 5.83. The summed E-state index contributed by atoms with van der Waals surface area (Å²) in [6.45, 7) is 7.99. The van der Waals surface area contributed by atoms with E-state index in [4.69, 9.17) is 0 Å². The molecule has 0 radical (unpaired) electrons. The average molecular weight is 312 g/mol. The van der Waals surface area contributed by atoms with Crippen molar-refractivity contribution in [3.05, 3.63) is 54.1 Å². The van der Waals surface area contributed by atoms with Gasteiger partial charge in [-0.1, -0.05) is 30.3 Å². The van der Waals surface area contributed by atoms with Crippen molar-refractivity contribution < 1.29 is 4.79 Å². The van der Waals surface area contributed by atoms with Gasteiger partial charge >= 0.3 is 0 Å². The van der Waals surface area contributed by atoms with Crippen LogP contribution in [-0.4, -0.2) is 44.9 Å². The first kappa shape index (κ1) is 15.7. The van der Waals surface area contributed by atoms with Crippen LogP contribution in [0.4, 0.5) is 0 Å². The topological polar surface area (TPSA) is 41.4 Å². The van der Waals surface area contributed by atoms with E-state index in [2.05, 4.69) is 14.5 Å². The number of rotatable bonds is 5. The summed E-state index contributed by atoms with van der Waals surface area (Å²) in [5, 5.41) is 0. The van der Waals surface area contributed by atoms with Crippen LogP contribution >= 0.6 is 0 Å². The SMILES string of the molecule is CCN(CC)C(=O)C(c1ccccc1)N1CCn2ccnc2C1. The van der Waals surface area contributed by atoms with Crippen molar-refractivity contribution in [2.24, 2.45) is 0 Å². The molecule has 1 aliphatic heterocycles. The molecule has 1 aromatic carbocycles. The van der Waals surface area contributed by atoms with Crippen LogP contribution in [0, 0.1) is 0 Å². The van der Waals surface area contributed by atoms with Crippen LogP contribution in [-0.2, 0) is 17.9 Å². The van der Waals surface area contributed by atoms with Gasteiger partial charge in [-0.3, -0.25) is 9.69 Å². The molecule has 1 amide bonds. The first-order valence-corrected chi connectivity index (χ1v) is 8.32. The Labute approximate surface area is 137 Å². The minimum absolute atomic E-state index is 0.182. The summed E-state index contributed by atoms with van der Waals surface area (Å²) in [5.41, 5.74) is 1.06. The van der Waals surface area contributed by atoms with Gasteiger partial charge in [0, 0.05) is 38.6 Å². The predicted molar refractivity (Wildman–Crippen MR) is 89.7 cm³/mol. The summed E-state index contributed by atoms with van der Waals surface area (Å²) < 4.78 is 2.17. The zero-order valence-electron chi connectivity index (χ0n) is 13.9. The smallest absolute Gasteiger partial charge is 0.244 e. The highest BCUT2D eigenvalue weighted by Gasteiger charge is 2.32. The molecule has 5 nitrogen and oxygen atoms in total. The third-order valence-corrected chi connectivity index (χ3v) is 4.56. The van der Waals surface area contributed by atoms with E-state index in [0.29, 0.717) is 6.54 Å². The minimum atomic E-state index is -0.235. The summed E-state index contributed by atoms with van der Waals surface area (Å²) in [7, 11) is 0. The maximum atomic E-state index is 13.1. The fourth-order valence-corrected chi connectivity index (χ4v) is 3.27. The lowest BCUT2D eigenvalue weighted by Gasteiger charge is -2.36. The van der Waals surface area contributed by atoms with Gasteiger partial charge in [-0.15, -0.1) is 0 Å². The van der Waals surface area contributed by atoms with Crippen LogP contribution in [0.3, 0.4) is 0 Å². The van der Waals surface area contributed by atoms with Gasteiger partial charge in [0.15, 0.2) is 0 Å². The average Bonchev–Trinajstić information content (AvgIpc) is 3.05. The van der Waals surface area contributed by atoms with Gasteiger partial charge in [0.25, 0.3) is 0 Å². The zero-order chi connectivity index (χ0) is 16.2. The minimum Gasteiger partial charge on any atom is -0.342 e. The molecule has 23 heavy (non-hydrogen) atoms. The summed E-state index contributed by atoms with van der Waals surface area (Å²) in [5.74, 6) is 1.21. The summed E-state index contributed by atoms with van der Waals surface area (Å²) in [4.78, 5) is 21.7. The van der Waals surface area contributed by atoms with Gasteiger partial charge in [-0.05, 0) is 19.4 Å². The van der Waals surface area contributed by atoms with Gasteiger partial charge in [-0.2, -0.15) is 0 Å². The molecule has 0 fully saturated rings. The molecule has 5 heteroatoms. The lowest BCUT2D eigenvalue weighted by Crippen LogP contribution is -2.45. The van der Waals surface area contributed by atoms with Crippen LogP contribution in [0.15, 0.2) is 42.7 Å². The molecule has 0 N–H and O–H groups in total. The molecular weight excluding hydrogens is 288 g/mol. The highest BCUT2D eigenvalue weighted by atomic mass is 16.2. The fourth-order valence-electron chi connectivity index (χ4n) is 3.27. The Morgan fingerprint density at radius 3 is 2.65 bits per heavy atom. The second kappa shape index (κ2) is 6.96. The third kappa shape index (κ3) is 3.15. The monoisotopic (exact) mass is 312 g/mol. The molecule has 2 heterocycles. The van der Waals surface area contributed by atoms with E-state index in [1.165, 1.54) is 0 Å². The number of imidazole rings is 1. The molecule has 3 rings (SSSR count). The Balaban J connectivity index is 1.91. The van der Waals surface area contributed by atoms with E-state index in [0.717, 1.165) is 37.6 Å². The Morgan fingerprint density at radius 2 is 1.96 bits per heavy atom. The number of aromatic nitrogens is 2. The summed E-state index contributed by atoms with van der Waals surface area (Å²) in [6.07, 6.45) is 3.85. The van der Waals surface area contributed by atoms with Crippen molar-refractivity contribution in [2.45, 2.75) is 33.0 Å². The first-order valence-electron chi connectivity index (χ1n) is 8.32. The van der Waals surface area contributed by atoms with Crippen LogP contribution in [0.25, 0.3) is 0 Å². The summed E-state index contributed by atoms with van der Waals surface area (Å²) >= 11 is 0. The van der Waals surface area contributed by atoms with Gasteiger partial charge in [0.05, 0.1) is 6.54 Å². The molecule has 122 valence electrons. The molecular formula is C18H24N4O. The third-order valence-electron chi connectivity index (χ3n) is 4.56.